The van der Waals surface area contributed by atoms with Gasteiger partial charge in [-0.1, -0.05) is 18.2 Å². The lowest BCUT2D eigenvalue weighted by atomic mass is 10.1. The van der Waals surface area contributed by atoms with Crippen molar-refractivity contribution < 1.29 is 14.6 Å². The molecule has 0 aliphatic heterocycles. The van der Waals surface area contributed by atoms with Gasteiger partial charge in [-0.05, 0) is 25.0 Å². The first-order valence-corrected chi connectivity index (χ1v) is 7.74. The van der Waals surface area contributed by atoms with Crippen LogP contribution in [0.3, 0.4) is 0 Å². The number of anilines is 1. The van der Waals surface area contributed by atoms with E-state index >= 15 is 0 Å². The van der Waals surface area contributed by atoms with Crippen molar-refractivity contribution in [2.75, 3.05) is 12.4 Å². The third-order valence-corrected chi connectivity index (χ3v) is 4.14. The first-order chi connectivity index (χ1) is 12.2. The number of hydrogen-bond acceptors (Lipinski definition) is 5. The van der Waals surface area contributed by atoms with Crippen LogP contribution in [0.4, 0.5) is 21.9 Å². The number of benzene rings is 2. The largest absolute Gasteiger partial charge is 0.322 e. The van der Waals surface area contributed by atoms with Crippen molar-refractivity contribution >= 4 is 23.1 Å². The van der Waals surface area contributed by atoms with Crippen LogP contribution in [0.2, 0.25) is 0 Å². The van der Waals surface area contributed by atoms with E-state index in [1.54, 1.807) is 39.1 Å². The average Bonchev–Trinajstić information content (AvgIpc) is 2.62. The van der Waals surface area contributed by atoms with Crippen LogP contribution in [0, 0.1) is 27.2 Å². The minimum absolute atomic E-state index is 0.0577. The van der Waals surface area contributed by atoms with Crippen LogP contribution in [-0.4, -0.2) is 27.8 Å². The summed E-state index contributed by atoms with van der Waals surface area (Å²) in [6, 6.07) is 9.33. The Bertz CT molecular complexity index is 868. The first-order valence-electron chi connectivity index (χ1n) is 7.74. The molecule has 0 radical (unpaired) electrons. The molecule has 0 heterocycles. The highest BCUT2D eigenvalue weighted by Crippen LogP contribution is 2.25. The van der Waals surface area contributed by atoms with Gasteiger partial charge in [0.05, 0.1) is 21.6 Å². The number of carbonyl (C=O) groups excluding carboxylic acids is 1. The van der Waals surface area contributed by atoms with Crippen LogP contribution in [0.15, 0.2) is 42.5 Å². The van der Waals surface area contributed by atoms with Crippen molar-refractivity contribution in [1.29, 1.82) is 0 Å². The third-order valence-electron chi connectivity index (χ3n) is 4.14. The predicted molar refractivity (Wildman–Crippen MR) is 96.1 cm³/mol. The second-order valence-corrected chi connectivity index (χ2v) is 5.83. The number of nitro groups is 2. The molecule has 1 unspecified atom stereocenters. The molecule has 0 saturated carbocycles. The lowest BCUT2D eigenvalue weighted by Gasteiger charge is -2.25. The van der Waals surface area contributed by atoms with Crippen LogP contribution < -0.4 is 5.32 Å². The Morgan fingerprint density at radius 3 is 2.31 bits per heavy atom. The summed E-state index contributed by atoms with van der Waals surface area (Å²) in [7, 11) is 1.55. The molecule has 2 aromatic carbocycles. The van der Waals surface area contributed by atoms with Gasteiger partial charge in [0, 0.05) is 31.3 Å². The van der Waals surface area contributed by atoms with Gasteiger partial charge in [-0.25, -0.2) is 4.79 Å². The van der Waals surface area contributed by atoms with Crippen LogP contribution in [0.1, 0.15) is 24.1 Å². The van der Waals surface area contributed by atoms with Gasteiger partial charge < -0.3 is 10.2 Å². The summed E-state index contributed by atoms with van der Waals surface area (Å²) < 4.78 is 0. The number of urea groups is 1. The molecule has 0 fully saturated rings. The molecule has 1 N–H and O–H groups in total. The molecule has 0 spiro atoms. The minimum Gasteiger partial charge on any atom is -0.321 e. The fourth-order valence-corrected chi connectivity index (χ4v) is 2.36. The monoisotopic (exact) mass is 358 g/mol. The number of aryl methyl sites for hydroxylation is 1. The molecule has 136 valence electrons. The highest BCUT2D eigenvalue weighted by molar-refractivity contribution is 5.90. The third kappa shape index (κ3) is 4.12. The van der Waals surface area contributed by atoms with Crippen molar-refractivity contribution in [2.24, 2.45) is 0 Å². The van der Waals surface area contributed by atoms with Gasteiger partial charge in [-0.3, -0.25) is 20.2 Å². The van der Waals surface area contributed by atoms with Crippen molar-refractivity contribution in [1.82, 2.24) is 4.90 Å². The number of amides is 2. The molecular formula is C17H18N4O5. The molecular weight excluding hydrogens is 340 g/mol. The number of nitro benzene ring substituents is 2. The first kappa shape index (κ1) is 18.8. The summed E-state index contributed by atoms with van der Waals surface area (Å²) in [5, 5.41) is 24.4. The van der Waals surface area contributed by atoms with Crippen molar-refractivity contribution in [2.45, 2.75) is 19.9 Å². The second-order valence-electron chi connectivity index (χ2n) is 5.83. The Labute approximate surface area is 149 Å². The maximum atomic E-state index is 12.5. The molecule has 1 atom stereocenters. The van der Waals surface area contributed by atoms with E-state index in [0.717, 1.165) is 0 Å². The highest BCUT2D eigenvalue weighted by atomic mass is 16.6. The Kier molecular flexibility index (Phi) is 5.51. The molecule has 2 rings (SSSR count). The summed E-state index contributed by atoms with van der Waals surface area (Å²) in [4.78, 5) is 34.6. The standard InChI is InChI=1S/C17H18N4O5/c1-11-7-8-15(21(25)26)10-16(11)18-17(22)19(3)12(2)13-5-4-6-14(9-13)20(23)24/h4-10,12H,1-3H3,(H,18,22). The van der Waals surface area contributed by atoms with Crippen molar-refractivity contribution in [3.63, 3.8) is 0 Å². The summed E-state index contributed by atoms with van der Waals surface area (Å²) in [6.07, 6.45) is 0. The van der Waals surface area contributed by atoms with Gasteiger partial charge in [-0.2, -0.15) is 0 Å². The fourth-order valence-electron chi connectivity index (χ4n) is 2.36. The minimum atomic E-state index is -0.537. The van der Waals surface area contributed by atoms with Crippen molar-refractivity contribution in [3.05, 3.63) is 73.8 Å². The highest BCUT2D eigenvalue weighted by Gasteiger charge is 2.20. The Hall–Kier alpha value is -3.49. The fraction of sp³-hybridized carbons (Fsp3) is 0.235. The molecule has 9 nitrogen and oxygen atoms in total. The SMILES string of the molecule is Cc1ccc([N+](=O)[O-])cc1NC(=O)N(C)C(C)c1cccc([N+](=O)[O-])c1. The number of carbonyl (C=O) groups is 1. The predicted octanol–water partition coefficient (Wildman–Crippen LogP) is 4.04. The average molecular weight is 358 g/mol. The maximum Gasteiger partial charge on any atom is 0.322 e. The van der Waals surface area contributed by atoms with Crippen molar-refractivity contribution in [3.8, 4) is 0 Å². The summed E-state index contributed by atoms with van der Waals surface area (Å²) in [5.41, 5.74) is 1.44. The van der Waals surface area contributed by atoms with Crippen LogP contribution in [0.25, 0.3) is 0 Å². The molecule has 0 aliphatic carbocycles. The number of hydrogen-bond donors (Lipinski definition) is 1. The Morgan fingerprint density at radius 1 is 1.08 bits per heavy atom. The number of nitrogens with one attached hydrogen (secondary N) is 1. The molecule has 0 bridgehead atoms. The summed E-state index contributed by atoms with van der Waals surface area (Å²) >= 11 is 0. The van der Waals surface area contributed by atoms with Gasteiger partial charge in [0.1, 0.15) is 0 Å². The summed E-state index contributed by atoms with van der Waals surface area (Å²) in [6.45, 7) is 3.46. The van der Waals surface area contributed by atoms with Gasteiger partial charge in [0.25, 0.3) is 11.4 Å². The number of rotatable bonds is 5. The molecule has 0 saturated heterocycles. The van der Waals surface area contributed by atoms with Gasteiger partial charge in [-0.15, -0.1) is 0 Å². The Morgan fingerprint density at radius 2 is 1.69 bits per heavy atom. The van der Waals surface area contributed by atoms with Gasteiger partial charge >= 0.3 is 6.03 Å². The molecule has 2 aromatic rings. The molecule has 2 amide bonds. The van der Waals surface area contributed by atoms with E-state index in [1.807, 2.05) is 0 Å². The van der Waals surface area contributed by atoms with E-state index in [1.165, 1.54) is 29.2 Å². The zero-order valence-electron chi connectivity index (χ0n) is 14.5. The normalized spacial score (nSPS) is 11.5. The van der Waals surface area contributed by atoms with E-state index in [9.17, 15) is 25.0 Å². The molecule has 0 aromatic heterocycles. The Balaban J connectivity index is 2.19. The topological polar surface area (TPSA) is 119 Å². The van der Waals surface area contributed by atoms with Crippen LogP contribution in [-0.2, 0) is 0 Å². The van der Waals surface area contributed by atoms with Crippen LogP contribution in [0.5, 0.6) is 0 Å². The van der Waals surface area contributed by atoms with Crippen LogP contribution >= 0.6 is 0 Å². The second kappa shape index (κ2) is 7.60. The van der Waals surface area contributed by atoms with E-state index in [-0.39, 0.29) is 11.4 Å². The zero-order chi connectivity index (χ0) is 19.4. The quantitative estimate of drug-likeness (QED) is 0.639. The van der Waals surface area contributed by atoms with E-state index in [4.69, 9.17) is 0 Å². The summed E-state index contributed by atoms with van der Waals surface area (Å²) in [5.74, 6) is 0. The van der Waals surface area contributed by atoms with E-state index in [0.29, 0.717) is 16.8 Å². The van der Waals surface area contributed by atoms with Gasteiger partial charge in [0.2, 0.25) is 0 Å². The lowest BCUT2D eigenvalue weighted by Crippen LogP contribution is -2.33. The van der Waals surface area contributed by atoms with E-state index in [2.05, 4.69) is 5.32 Å². The number of non-ortho nitro benzene ring substituents is 2. The smallest absolute Gasteiger partial charge is 0.321 e. The number of nitrogens with zero attached hydrogens (tertiary/aromatic N) is 3. The molecule has 26 heavy (non-hydrogen) atoms. The maximum absolute atomic E-state index is 12.5. The zero-order valence-corrected chi connectivity index (χ0v) is 14.5. The molecule has 0 aliphatic rings. The van der Waals surface area contributed by atoms with E-state index < -0.39 is 21.9 Å². The lowest BCUT2D eigenvalue weighted by molar-refractivity contribution is -0.385. The molecule has 9 heteroatoms. The van der Waals surface area contributed by atoms with Gasteiger partial charge in [0.15, 0.2) is 0 Å².